The first-order chi connectivity index (χ1) is 9.06. The van der Waals surface area contributed by atoms with Crippen molar-refractivity contribution < 1.29 is 18.7 Å². The third-order valence-corrected chi connectivity index (χ3v) is 2.90. The predicted molar refractivity (Wildman–Crippen MR) is 66.1 cm³/mol. The van der Waals surface area contributed by atoms with Gasteiger partial charge in [-0.1, -0.05) is 12.1 Å². The molecule has 0 aliphatic carbocycles. The quantitative estimate of drug-likeness (QED) is 0.866. The maximum absolute atomic E-state index is 13.2. The Kier molecular flexibility index (Phi) is 3.99. The number of hydrogen-bond donors (Lipinski definition) is 1. The number of hydrogen-bond acceptors (Lipinski definition) is 3. The number of ether oxygens (including phenoxy) is 1. The summed E-state index contributed by atoms with van der Waals surface area (Å²) in [6.07, 6.45) is 0.294. The van der Waals surface area contributed by atoms with Gasteiger partial charge in [-0.25, -0.2) is 4.39 Å². The summed E-state index contributed by atoms with van der Waals surface area (Å²) >= 11 is 0. The molecule has 2 amide bonds. The summed E-state index contributed by atoms with van der Waals surface area (Å²) in [6, 6.07) is 5.69. The zero-order chi connectivity index (χ0) is 13.8. The second-order valence-electron chi connectivity index (χ2n) is 4.46. The molecule has 0 aromatic heterocycles. The summed E-state index contributed by atoms with van der Waals surface area (Å²) in [4.78, 5) is 24.5. The topological polar surface area (TPSA) is 58.6 Å². The molecule has 1 aromatic carbocycles. The fourth-order valence-electron chi connectivity index (χ4n) is 1.93. The molecule has 1 atom stereocenters. The van der Waals surface area contributed by atoms with Crippen molar-refractivity contribution in [1.82, 2.24) is 10.2 Å². The van der Waals surface area contributed by atoms with Crippen LogP contribution in [0, 0.1) is 5.82 Å². The molecule has 1 aliphatic rings. The Hall–Kier alpha value is -2.11. The average Bonchev–Trinajstić information content (AvgIpc) is 2.67. The number of carbonyl (C=O) groups excluding carboxylic acids is 2. The van der Waals surface area contributed by atoms with Gasteiger partial charge in [0, 0.05) is 20.0 Å². The highest BCUT2D eigenvalue weighted by Gasteiger charge is 2.27. The summed E-state index contributed by atoms with van der Waals surface area (Å²) in [5.74, 6) is -0.833. The van der Waals surface area contributed by atoms with Gasteiger partial charge in [-0.2, -0.15) is 0 Å². The molecule has 2 rings (SSSR count). The average molecular weight is 266 g/mol. The highest BCUT2D eigenvalue weighted by atomic mass is 19.1. The molecule has 1 fully saturated rings. The molecule has 0 saturated carbocycles. The van der Waals surface area contributed by atoms with Crippen LogP contribution < -0.4 is 10.1 Å². The van der Waals surface area contributed by atoms with Gasteiger partial charge < -0.3 is 15.0 Å². The highest BCUT2D eigenvalue weighted by Crippen LogP contribution is 2.15. The lowest BCUT2D eigenvalue weighted by Crippen LogP contribution is -2.39. The van der Waals surface area contributed by atoms with Crippen LogP contribution in [0.5, 0.6) is 5.75 Å². The predicted octanol–water partition coefficient (Wildman–Crippen LogP) is 0.551. The first kappa shape index (κ1) is 13.3. The molecule has 1 heterocycles. The summed E-state index contributed by atoms with van der Waals surface area (Å²) in [5.41, 5.74) is 0. The highest BCUT2D eigenvalue weighted by molar-refractivity contribution is 5.82. The summed E-state index contributed by atoms with van der Waals surface area (Å²) in [7, 11) is 1.68. The third kappa shape index (κ3) is 3.43. The number of likely N-dealkylation sites (tertiary alicyclic amines) is 1. The molecular formula is C13H15FN2O3. The van der Waals surface area contributed by atoms with E-state index in [1.54, 1.807) is 24.1 Å². The number of halogens is 1. The number of rotatable bonds is 4. The van der Waals surface area contributed by atoms with Crippen molar-refractivity contribution in [2.75, 3.05) is 20.2 Å². The zero-order valence-electron chi connectivity index (χ0n) is 10.6. The van der Waals surface area contributed by atoms with Gasteiger partial charge in [0.15, 0.2) is 18.2 Å². The molecule has 0 spiro atoms. The molecule has 5 nitrogen and oxygen atoms in total. The first-order valence-corrected chi connectivity index (χ1v) is 5.97. The molecule has 1 saturated heterocycles. The van der Waals surface area contributed by atoms with Crippen LogP contribution in [0.25, 0.3) is 0 Å². The van der Waals surface area contributed by atoms with Crippen LogP contribution in [0.4, 0.5) is 4.39 Å². The van der Waals surface area contributed by atoms with Crippen molar-refractivity contribution in [2.24, 2.45) is 0 Å². The van der Waals surface area contributed by atoms with Crippen LogP contribution in [0.3, 0.4) is 0 Å². The zero-order valence-corrected chi connectivity index (χ0v) is 10.6. The molecule has 1 aliphatic heterocycles. The molecule has 0 radical (unpaired) electrons. The van der Waals surface area contributed by atoms with Crippen LogP contribution in [0.1, 0.15) is 6.42 Å². The molecule has 6 heteroatoms. The third-order valence-electron chi connectivity index (χ3n) is 2.90. The Bertz CT molecular complexity index is 493. The molecule has 19 heavy (non-hydrogen) atoms. The lowest BCUT2D eigenvalue weighted by Gasteiger charge is -2.13. The van der Waals surface area contributed by atoms with Gasteiger partial charge >= 0.3 is 0 Å². The number of para-hydroxylation sites is 1. The number of nitrogens with zero attached hydrogens (tertiary/aromatic N) is 1. The van der Waals surface area contributed by atoms with Gasteiger partial charge in [-0.05, 0) is 12.1 Å². The smallest absolute Gasteiger partial charge is 0.258 e. The van der Waals surface area contributed by atoms with Crippen LogP contribution in [0.2, 0.25) is 0 Å². The van der Waals surface area contributed by atoms with Gasteiger partial charge in [0.1, 0.15) is 0 Å². The maximum Gasteiger partial charge on any atom is 0.258 e. The SMILES string of the molecule is CN1CC(NC(=O)COc2ccccc2F)CC1=O. The van der Waals surface area contributed by atoms with Gasteiger partial charge in [0.2, 0.25) is 5.91 Å². The fourth-order valence-corrected chi connectivity index (χ4v) is 1.93. The minimum atomic E-state index is -0.508. The van der Waals surface area contributed by atoms with Crippen LogP contribution in [-0.2, 0) is 9.59 Å². The van der Waals surface area contributed by atoms with E-state index in [-0.39, 0.29) is 30.2 Å². The van der Waals surface area contributed by atoms with Crippen LogP contribution in [0.15, 0.2) is 24.3 Å². The molecule has 1 aromatic rings. The number of carbonyl (C=O) groups is 2. The van der Waals surface area contributed by atoms with E-state index in [0.29, 0.717) is 13.0 Å². The minimum Gasteiger partial charge on any atom is -0.481 e. The lowest BCUT2D eigenvalue weighted by molar-refractivity contribution is -0.126. The Morgan fingerprint density at radius 3 is 2.89 bits per heavy atom. The Balaban J connectivity index is 1.79. The first-order valence-electron chi connectivity index (χ1n) is 5.97. The summed E-state index contributed by atoms with van der Waals surface area (Å²) in [5, 5.41) is 2.68. The number of benzene rings is 1. The molecular weight excluding hydrogens is 251 g/mol. The van der Waals surface area contributed by atoms with E-state index in [1.807, 2.05) is 0 Å². The van der Waals surface area contributed by atoms with Crippen LogP contribution in [-0.4, -0.2) is 43.0 Å². The normalized spacial score (nSPS) is 18.5. The minimum absolute atomic E-state index is 0.000298. The Morgan fingerprint density at radius 2 is 2.26 bits per heavy atom. The summed E-state index contributed by atoms with van der Waals surface area (Å²) < 4.78 is 18.3. The summed E-state index contributed by atoms with van der Waals surface area (Å²) in [6.45, 7) is 0.222. The second-order valence-corrected chi connectivity index (χ2v) is 4.46. The largest absolute Gasteiger partial charge is 0.481 e. The van der Waals surface area contributed by atoms with E-state index in [1.165, 1.54) is 12.1 Å². The van der Waals surface area contributed by atoms with Gasteiger partial charge in [0.05, 0.1) is 6.04 Å². The Morgan fingerprint density at radius 1 is 1.53 bits per heavy atom. The van der Waals surface area contributed by atoms with Crippen LogP contribution >= 0.6 is 0 Å². The molecule has 1 unspecified atom stereocenters. The van der Waals surface area contributed by atoms with Crippen molar-refractivity contribution in [1.29, 1.82) is 0 Å². The standard InChI is InChI=1S/C13H15FN2O3/c1-16-7-9(6-13(16)18)15-12(17)8-19-11-5-3-2-4-10(11)14/h2-5,9H,6-8H2,1H3,(H,15,17). The number of nitrogens with one attached hydrogen (secondary N) is 1. The number of likely N-dealkylation sites (N-methyl/N-ethyl adjacent to an activating group) is 1. The second kappa shape index (κ2) is 5.69. The van der Waals surface area contributed by atoms with Crippen molar-refractivity contribution >= 4 is 11.8 Å². The number of amides is 2. The van der Waals surface area contributed by atoms with Crippen molar-refractivity contribution in [2.45, 2.75) is 12.5 Å². The Labute approximate surface area is 110 Å². The fraction of sp³-hybridized carbons (Fsp3) is 0.385. The van der Waals surface area contributed by atoms with E-state index < -0.39 is 5.82 Å². The molecule has 102 valence electrons. The molecule has 0 bridgehead atoms. The van der Waals surface area contributed by atoms with Gasteiger partial charge in [-0.15, -0.1) is 0 Å². The maximum atomic E-state index is 13.2. The molecule has 1 N–H and O–H groups in total. The van der Waals surface area contributed by atoms with E-state index in [0.717, 1.165) is 0 Å². The van der Waals surface area contributed by atoms with E-state index in [4.69, 9.17) is 4.74 Å². The van der Waals surface area contributed by atoms with Crippen molar-refractivity contribution in [3.05, 3.63) is 30.1 Å². The van der Waals surface area contributed by atoms with E-state index in [2.05, 4.69) is 5.32 Å². The van der Waals surface area contributed by atoms with Crippen molar-refractivity contribution in [3.8, 4) is 5.75 Å². The van der Waals surface area contributed by atoms with Gasteiger partial charge in [-0.3, -0.25) is 9.59 Å². The van der Waals surface area contributed by atoms with E-state index in [9.17, 15) is 14.0 Å². The van der Waals surface area contributed by atoms with Gasteiger partial charge in [0.25, 0.3) is 5.91 Å². The monoisotopic (exact) mass is 266 g/mol. The van der Waals surface area contributed by atoms with Crippen molar-refractivity contribution in [3.63, 3.8) is 0 Å². The van der Waals surface area contributed by atoms with E-state index >= 15 is 0 Å². The lowest BCUT2D eigenvalue weighted by atomic mass is 10.2.